The molecule has 5 nitrogen and oxygen atoms in total. The molecule has 1 amide bonds. The number of aliphatic hydroxyl groups is 1. The Balaban J connectivity index is 2.48. The van der Waals surface area contributed by atoms with Gasteiger partial charge < -0.3 is 10.4 Å². The van der Waals surface area contributed by atoms with Crippen molar-refractivity contribution in [3.05, 3.63) is 24.3 Å². The first kappa shape index (κ1) is 12.6. The molecule has 16 heavy (non-hydrogen) atoms. The number of carbonyl (C=O) groups excluding carboxylic acids is 1. The Labute approximate surface area is 94.9 Å². The molecule has 88 valence electrons. The molecule has 0 saturated heterocycles. The van der Waals surface area contributed by atoms with Gasteiger partial charge in [0.15, 0.2) is 0 Å². The summed E-state index contributed by atoms with van der Waals surface area (Å²) in [5, 5.41) is 12.3. The number of amides is 1. The Morgan fingerprint density at radius 3 is 2.69 bits per heavy atom. The smallest absolute Gasteiger partial charge is 0.271 e. The number of rotatable bonds is 3. The van der Waals surface area contributed by atoms with Crippen LogP contribution in [0.4, 0.5) is 0 Å². The fourth-order valence-corrected chi connectivity index (χ4v) is 1.00. The number of hydrogen-bond acceptors (Lipinski definition) is 4. The molecule has 0 fully saturated rings. The summed E-state index contributed by atoms with van der Waals surface area (Å²) in [6.07, 6.45) is 3.75. The van der Waals surface area contributed by atoms with Crippen molar-refractivity contribution in [2.45, 2.75) is 26.9 Å². The lowest BCUT2D eigenvalue weighted by molar-refractivity contribution is 0.0585. The summed E-state index contributed by atoms with van der Waals surface area (Å²) in [5.41, 5.74) is -0.000977. The van der Waals surface area contributed by atoms with Crippen molar-refractivity contribution in [3.8, 4) is 0 Å². The van der Waals surface area contributed by atoms with Gasteiger partial charge in [-0.25, -0.2) is 4.98 Å². The molecule has 1 unspecified atom stereocenters. The van der Waals surface area contributed by atoms with E-state index in [1.165, 1.54) is 18.6 Å². The van der Waals surface area contributed by atoms with E-state index in [1.54, 1.807) is 0 Å². The topological polar surface area (TPSA) is 75.1 Å². The number of hydrogen-bond donors (Lipinski definition) is 2. The van der Waals surface area contributed by atoms with Gasteiger partial charge in [-0.15, -0.1) is 0 Å². The number of aromatic nitrogens is 2. The van der Waals surface area contributed by atoms with Crippen LogP contribution < -0.4 is 5.32 Å². The van der Waals surface area contributed by atoms with E-state index in [0.29, 0.717) is 0 Å². The first-order valence-corrected chi connectivity index (χ1v) is 5.13. The van der Waals surface area contributed by atoms with Crippen molar-refractivity contribution in [1.29, 1.82) is 0 Å². The van der Waals surface area contributed by atoms with Crippen LogP contribution in [0.2, 0.25) is 0 Å². The molecule has 0 aliphatic rings. The quantitative estimate of drug-likeness (QED) is 0.787. The van der Waals surface area contributed by atoms with Gasteiger partial charge in [-0.2, -0.15) is 0 Å². The second-order valence-electron chi connectivity index (χ2n) is 4.68. The lowest BCUT2D eigenvalue weighted by Crippen LogP contribution is -2.39. The summed E-state index contributed by atoms with van der Waals surface area (Å²) in [6.45, 7) is 5.93. The van der Waals surface area contributed by atoms with E-state index in [0.717, 1.165) is 0 Å². The minimum atomic E-state index is -0.590. The van der Waals surface area contributed by atoms with Gasteiger partial charge in [0.05, 0.1) is 12.3 Å². The molecular formula is C11H17N3O2. The maximum Gasteiger partial charge on any atom is 0.271 e. The van der Waals surface area contributed by atoms with Gasteiger partial charge in [-0.05, 0) is 5.41 Å². The van der Waals surface area contributed by atoms with Crippen LogP contribution in [0.5, 0.6) is 0 Å². The van der Waals surface area contributed by atoms with E-state index in [9.17, 15) is 9.90 Å². The van der Waals surface area contributed by atoms with Crippen LogP contribution in [0, 0.1) is 5.41 Å². The first-order valence-electron chi connectivity index (χ1n) is 5.13. The van der Waals surface area contributed by atoms with Crippen molar-refractivity contribution >= 4 is 5.91 Å². The van der Waals surface area contributed by atoms with Gasteiger partial charge in [0, 0.05) is 18.9 Å². The predicted octanol–water partition coefficient (Wildman–Crippen LogP) is 0.613. The van der Waals surface area contributed by atoms with Crippen molar-refractivity contribution in [2.75, 3.05) is 6.54 Å². The first-order chi connectivity index (χ1) is 7.41. The lowest BCUT2D eigenvalue weighted by Gasteiger charge is -2.25. The number of carbonyl (C=O) groups is 1. The van der Waals surface area contributed by atoms with Crippen LogP contribution in [0.25, 0.3) is 0 Å². The number of aliphatic hydroxyl groups excluding tert-OH is 1. The van der Waals surface area contributed by atoms with Gasteiger partial charge in [-0.3, -0.25) is 9.78 Å². The van der Waals surface area contributed by atoms with E-state index in [-0.39, 0.29) is 23.6 Å². The maximum atomic E-state index is 11.6. The molecule has 0 radical (unpaired) electrons. The van der Waals surface area contributed by atoms with E-state index in [1.807, 2.05) is 20.8 Å². The van der Waals surface area contributed by atoms with Crippen molar-refractivity contribution < 1.29 is 9.90 Å². The summed E-state index contributed by atoms with van der Waals surface area (Å²) < 4.78 is 0. The van der Waals surface area contributed by atoms with Crippen LogP contribution in [0.15, 0.2) is 18.6 Å². The number of nitrogens with zero attached hydrogens (tertiary/aromatic N) is 2. The number of nitrogens with one attached hydrogen (secondary N) is 1. The molecule has 0 aromatic carbocycles. The maximum absolute atomic E-state index is 11.6. The zero-order valence-electron chi connectivity index (χ0n) is 9.77. The highest BCUT2D eigenvalue weighted by Crippen LogP contribution is 2.18. The molecule has 0 aliphatic carbocycles. The van der Waals surface area contributed by atoms with Crippen LogP contribution in [-0.2, 0) is 0 Å². The van der Waals surface area contributed by atoms with Gasteiger partial charge in [0.2, 0.25) is 0 Å². The molecule has 1 aromatic rings. The standard InChI is InChI=1S/C11H17N3O2/c1-11(2,3)9(15)7-14-10(16)8-6-12-4-5-13-8/h4-6,9,15H,7H2,1-3H3,(H,14,16). The zero-order valence-corrected chi connectivity index (χ0v) is 9.77. The molecule has 5 heteroatoms. The lowest BCUT2D eigenvalue weighted by atomic mass is 9.89. The summed E-state index contributed by atoms with van der Waals surface area (Å²) in [7, 11) is 0. The molecule has 1 heterocycles. The second kappa shape index (κ2) is 5.03. The summed E-state index contributed by atoms with van der Waals surface area (Å²) in [4.78, 5) is 19.2. The Morgan fingerprint density at radius 1 is 1.50 bits per heavy atom. The molecule has 1 aromatic heterocycles. The molecule has 2 N–H and O–H groups in total. The highest BCUT2D eigenvalue weighted by Gasteiger charge is 2.22. The normalized spacial score (nSPS) is 13.2. The van der Waals surface area contributed by atoms with Gasteiger partial charge >= 0.3 is 0 Å². The van der Waals surface area contributed by atoms with E-state index >= 15 is 0 Å². The fraction of sp³-hybridized carbons (Fsp3) is 0.545. The Bertz CT molecular complexity index is 346. The van der Waals surface area contributed by atoms with Crippen molar-refractivity contribution in [3.63, 3.8) is 0 Å². The molecule has 0 spiro atoms. The van der Waals surface area contributed by atoms with E-state index < -0.39 is 6.10 Å². The summed E-state index contributed by atoms with van der Waals surface area (Å²) >= 11 is 0. The van der Waals surface area contributed by atoms with Gasteiger partial charge in [0.1, 0.15) is 5.69 Å². The molecule has 1 rings (SSSR count). The molecule has 0 saturated carbocycles. The summed E-state index contributed by atoms with van der Waals surface area (Å²) in [6, 6.07) is 0. The third kappa shape index (κ3) is 3.58. The molecular weight excluding hydrogens is 206 g/mol. The predicted molar refractivity (Wildman–Crippen MR) is 59.8 cm³/mol. The molecule has 0 bridgehead atoms. The molecule has 0 aliphatic heterocycles. The second-order valence-corrected chi connectivity index (χ2v) is 4.68. The Kier molecular flexibility index (Phi) is 3.95. The minimum absolute atomic E-state index is 0.207. The largest absolute Gasteiger partial charge is 0.391 e. The minimum Gasteiger partial charge on any atom is -0.391 e. The highest BCUT2D eigenvalue weighted by atomic mass is 16.3. The SMILES string of the molecule is CC(C)(C)C(O)CNC(=O)c1cnccn1. The molecule has 1 atom stereocenters. The third-order valence-electron chi connectivity index (χ3n) is 2.25. The van der Waals surface area contributed by atoms with Crippen LogP contribution in [-0.4, -0.2) is 33.6 Å². The van der Waals surface area contributed by atoms with E-state index in [4.69, 9.17) is 0 Å². The average molecular weight is 223 g/mol. The van der Waals surface area contributed by atoms with Gasteiger partial charge in [0.25, 0.3) is 5.91 Å². The van der Waals surface area contributed by atoms with Crippen molar-refractivity contribution in [2.24, 2.45) is 5.41 Å². The van der Waals surface area contributed by atoms with Crippen LogP contribution >= 0.6 is 0 Å². The summed E-state index contributed by atoms with van der Waals surface area (Å²) in [5.74, 6) is -0.323. The fourth-order valence-electron chi connectivity index (χ4n) is 1.00. The Hall–Kier alpha value is -1.49. The average Bonchev–Trinajstić information content (AvgIpc) is 2.25. The monoisotopic (exact) mass is 223 g/mol. The highest BCUT2D eigenvalue weighted by molar-refractivity contribution is 5.91. The third-order valence-corrected chi connectivity index (χ3v) is 2.25. The van der Waals surface area contributed by atoms with Crippen molar-refractivity contribution in [1.82, 2.24) is 15.3 Å². The van der Waals surface area contributed by atoms with Gasteiger partial charge in [-0.1, -0.05) is 20.8 Å². The Morgan fingerprint density at radius 2 is 2.19 bits per heavy atom. The zero-order chi connectivity index (χ0) is 12.2. The van der Waals surface area contributed by atoms with Crippen LogP contribution in [0.1, 0.15) is 31.3 Å². The van der Waals surface area contributed by atoms with E-state index in [2.05, 4.69) is 15.3 Å². The van der Waals surface area contributed by atoms with Crippen LogP contribution in [0.3, 0.4) is 0 Å².